The van der Waals surface area contributed by atoms with Crippen molar-refractivity contribution in [3.8, 4) is 5.75 Å². The first-order valence-corrected chi connectivity index (χ1v) is 9.33. The van der Waals surface area contributed by atoms with Gasteiger partial charge in [0, 0.05) is 32.7 Å². The second-order valence-corrected chi connectivity index (χ2v) is 7.14. The summed E-state index contributed by atoms with van der Waals surface area (Å²) in [4.78, 5) is 15.8. The van der Waals surface area contributed by atoms with E-state index < -0.39 is 0 Å². The Morgan fingerprint density at radius 3 is 2.23 bits per heavy atom. The molecule has 1 aliphatic heterocycles. The number of ether oxygens (including phenoxy) is 2. The lowest BCUT2D eigenvalue weighted by atomic mass is 9.82. The Bertz CT molecular complexity index is 540. The van der Waals surface area contributed by atoms with Crippen LogP contribution < -0.4 is 4.74 Å². The smallest absolute Gasteiger partial charge is 0.409 e. The fraction of sp³-hybridized carbons (Fsp3) is 0.650. The Balaban J connectivity index is 0.00000338. The van der Waals surface area contributed by atoms with Crippen molar-refractivity contribution in [2.75, 3.05) is 45.9 Å². The summed E-state index contributed by atoms with van der Waals surface area (Å²) in [5.41, 5.74) is 1.55. The van der Waals surface area contributed by atoms with Gasteiger partial charge in [0.1, 0.15) is 12.4 Å². The van der Waals surface area contributed by atoms with Gasteiger partial charge >= 0.3 is 6.09 Å². The van der Waals surface area contributed by atoms with Crippen molar-refractivity contribution in [3.63, 3.8) is 0 Å². The number of carbonyl (C=O) groups excluding carboxylic acids is 1. The summed E-state index contributed by atoms with van der Waals surface area (Å²) in [7, 11) is 0. The van der Waals surface area contributed by atoms with Crippen LogP contribution in [0.15, 0.2) is 24.3 Å². The molecule has 26 heavy (non-hydrogen) atoms. The fourth-order valence-electron chi connectivity index (χ4n) is 2.87. The van der Waals surface area contributed by atoms with Crippen molar-refractivity contribution in [3.05, 3.63) is 29.8 Å². The molecule has 1 amide bonds. The van der Waals surface area contributed by atoms with Crippen LogP contribution in [0.1, 0.15) is 39.7 Å². The zero-order valence-electron chi connectivity index (χ0n) is 16.5. The van der Waals surface area contributed by atoms with Gasteiger partial charge in [0.15, 0.2) is 0 Å². The van der Waals surface area contributed by atoms with Crippen molar-refractivity contribution < 1.29 is 14.3 Å². The van der Waals surface area contributed by atoms with E-state index in [-0.39, 0.29) is 23.9 Å². The first kappa shape index (κ1) is 22.6. The van der Waals surface area contributed by atoms with Gasteiger partial charge in [-0.25, -0.2) is 4.79 Å². The number of piperazine rings is 1. The third-order valence-corrected chi connectivity index (χ3v) is 5.09. The monoisotopic (exact) mass is 384 g/mol. The van der Waals surface area contributed by atoms with Gasteiger partial charge in [0.05, 0.1) is 6.61 Å². The van der Waals surface area contributed by atoms with E-state index in [0.29, 0.717) is 13.2 Å². The van der Waals surface area contributed by atoms with Gasteiger partial charge in [0.2, 0.25) is 0 Å². The van der Waals surface area contributed by atoms with Gasteiger partial charge in [0.25, 0.3) is 0 Å². The highest BCUT2D eigenvalue weighted by atomic mass is 35.5. The van der Waals surface area contributed by atoms with Crippen LogP contribution in [0.5, 0.6) is 5.75 Å². The highest BCUT2D eigenvalue weighted by Gasteiger charge is 2.21. The second kappa shape index (κ2) is 10.6. The van der Waals surface area contributed by atoms with E-state index in [9.17, 15) is 4.79 Å². The van der Waals surface area contributed by atoms with E-state index >= 15 is 0 Å². The number of halogens is 1. The van der Waals surface area contributed by atoms with E-state index in [1.807, 2.05) is 6.92 Å². The lowest BCUT2D eigenvalue weighted by molar-refractivity contribution is 0.0757. The summed E-state index contributed by atoms with van der Waals surface area (Å²) >= 11 is 0. The SMILES string of the molecule is CCOC(=O)N1CCN(CCOc2ccc(C(C)(C)CC)cc2)CC1.Cl. The third kappa shape index (κ3) is 6.36. The molecule has 6 heteroatoms. The summed E-state index contributed by atoms with van der Waals surface area (Å²) in [5.74, 6) is 0.917. The standard InChI is InChI=1S/C20H32N2O3.ClH/c1-5-20(3,4)17-7-9-18(10-8-17)25-16-15-21-11-13-22(14-12-21)19(23)24-6-2;/h7-10H,5-6,11-16H2,1-4H3;1H. The molecule has 148 valence electrons. The van der Waals surface area contributed by atoms with Crippen LogP contribution >= 0.6 is 12.4 Å². The maximum Gasteiger partial charge on any atom is 0.409 e. The zero-order valence-corrected chi connectivity index (χ0v) is 17.3. The van der Waals surface area contributed by atoms with Crippen LogP contribution in [-0.4, -0.2) is 61.8 Å². The third-order valence-electron chi connectivity index (χ3n) is 5.09. The van der Waals surface area contributed by atoms with E-state index in [1.54, 1.807) is 4.90 Å². The Morgan fingerprint density at radius 1 is 1.08 bits per heavy atom. The Hall–Kier alpha value is -1.46. The maximum atomic E-state index is 11.7. The minimum atomic E-state index is -0.200. The molecule has 0 spiro atoms. The molecule has 0 N–H and O–H groups in total. The average Bonchev–Trinajstić information content (AvgIpc) is 2.63. The summed E-state index contributed by atoms with van der Waals surface area (Å²) in [6.45, 7) is 13.7. The molecule has 0 aromatic heterocycles. The molecular weight excluding hydrogens is 352 g/mol. The highest BCUT2D eigenvalue weighted by Crippen LogP contribution is 2.28. The molecule has 0 radical (unpaired) electrons. The van der Waals surface area contributed by atoms with Crippen molar-refractivity contribution >= 4 is 18.5 Å². The van der Waals surface area contributed by atoms with Gasteiger partial charge in [-0.3, -0.25) is 4.90 Å². The van der Waals surface area contributed by atoms with E-state index in [4.69, 9.17) is 9.47 Å². The van der Waals surface area contributed by atoms with E-state index in [2.05, 4.69) is 49.9 Å². The molecule has 1 saturated heterocycles. The predicted octanol–water partition coefficient (Wildman–Crippen LogP) is 3.95. The average molecular weight is 385 g/mol. The topological polar surface area (TPSA) is 42.0 Å². The normalized spacial score (nSPS) is 15.3. The van der Waals surface area contributed by atoms with Crippen molar-refractivity contribution in [1.29, 1.82) is 0 Å². The van der Waals surface area contributed by atoms with Gasteiger partial charge < -0.3 is 14.4 Å². The molecule has 1 aliphatic rings. The summed E-state index contributed by atoms with van der Waals surface area (Å²) in [5, 5.41) is 0. The van der Waals surface area contributed by atoms with Crippen LogP contribution in [0.2, 0.25) is 0 Å². The molecule has 0 unspecified atom stereocenters. The largest absolute Gasteiger partial charge is 0.492 e. The molecule has 5 nitrogen and oxygen atoms in total. The maximum absolute atomic E-state index is 11.7. The number of nitrogens with zero attached hydrogens (tertiary/aromatic N) is 2. The quantitative estimate of drug-likeness (QED) is 0.713. The van der Waals surface area contributed by atoms with Gasteiger partial charge in [-0.15, -0.1) is 12.4 Å². The number of hydrogen-bond donors (Lipinski definition) is 0. The van der Waals surface area contributed by atoms with Crippen LogP contribution in [0, 0.1) is 0 Å². The predicted molar refractivity (Wildman–Crippen MR) is 108 cm³/mol. The minimum Gasteiger partial charge on any atom is -0.492 e. The van der Waals surface area contributed by atoms with Crippen molar-refractivity contribution in [1.82, 2.24) is 9.80 Å². The molecule has 0 aliphatic carbocycles. The number of carbonyl (C=O) groups is 1. The summed E-state index contributed by atoms with van der Waals surface area (Å²) in [6.07, 6.45) is 0.916. The first-order chi connectivity index (χ1) is 12.0. The van der Waals surface area contributed by atoms with Crippen molar-refractivity contribution in [2.45, 2.75) is 39.5 Å². The lowest BCUT2D eigenvalue weighted by Gasteiger charge is -2.33. The number of rotatable bonds is 7. The molecule has 1 heterocycles. The molecule has 0 bridgehead atoms. The summed E-state index contributed by atoms with van der Waals surface area (Å²) < 4.78 is 10.9. The Morgan fingerprint density at radius 2 is 1.69 bits per heavy atom. The summed E-state index contributed by atoms with van der Waals surface area (Å²) in [6, 6.07) is 8.45. The lowest BCUT2D eigenvalue weighted by Crippen LogP contribution is -2.49. The van der Waals surface area contributed by atoms with Crippen LogP contribution in [0.3, 0.4) is 0 Å². The molecule has 1 fully saturated rings. The minimum absolute atomic E-state index is 0. The number of hydrogen-bond acceptors (Lipinski definition) is 4. The first-order valence-electron chi connectivity index (χ1n) is 9.33. The number of benzene rings is 1. The highest BCUT2D eigenvalue weighted by molar-refractivity contribution is 5.85. The second-order valence-electron chi connectivity index (χ2n) is 7.14. The Labute approximate surface area is 164 Å². The van der Waals surface area contributed by atoms with Crippen molar-refractivity contribution in [2.24, 2.45) is 0 Å². The van der Waals surface area contributed by atoms with E-state index in [1.165, 1.54) is 5.56 Å². The molecule has 1 aromatic carbocycles. The Kier molecular flexibility index (Phi) is 9.23. The van der Waals surface area contributed by atoms with E-state index in [0.717, 1.165) is 44.9 Å². The molecule has 0 atom stereocenters. The van der Waals surface area contributed by atoms with Gasteiger partial charge in [-0.05, 0) is 36.5 Å². The van der Waals surface area contributed by atoms with Crippen LogP contribution in [-0.2, 0) is 10.2 Å². The van der Waals surface area contributed by atoms with Gasteiger partial charge in [-0.1, -0.05) is 32.9 Å². The fourth-order valence-corrected chi connectivity index (χ4v) is 2.87. The van der Waals surface area contributed by atoms with Crippen LogP contribution in [0.4, 0.5) is 4.79 Å². The molecular formula is C20H33ClN2O3. The van der Waals surface area contributed by atoms with Gasteiger partial charge in [-0.2, -0.15) is 0 Å². The zero-order chi connectivity index (χ0) is 18.3. The number of amides is 1. The molecule has 2 rings (SSSR count). The molecule has 0 saturated carbocycles. The molecule has 1 aromatic rings. The van der Waals surface area contributed by atoms with Crippen LogP contribution in [0.25, 0.3) is 0 Å².